The SMILES string of the molecule is CC(C)N(Cc1ccccc1)S(=O)(=O)c1ccc(CC(=O)N2CCCC2)s1. The lowest BCUT2D eigenvalue weighted by atomic mass is 10.2. The van der Waals surface area contributed by atoms with Gasteiger partial charge in [-0.25, -0.2) is 8.42 Å². The highest BCUT2D eigenvalue weighted by molar-refractivity contribution is 7.91. The van der Waals surface area contributed by atoms with Crippen LogP contribution in [0, 0.1) is 0 Å². The minimum atomic E-state index is -3.61. The second kappa shape index (κ2) is 8.54. The van der Waals surface area contributed by atoms with Gasteiger partial charge in [-0.15, -0.1) is 11.3 Å². The predicted octanol–water partition coefficient (Wildman–Crippen LogP) is 3.51. The Morgan fingerprint density at radius 1 is 1.11 bits per heavy atom. The third-order valence-electron chi connectivity index (χ3n) is 4.74. The fourth-order valence-electron chi connectivity index (χ4n) is 3.24. The molecule has 7 heteroatoms. The molecule has 1 fully saturated rings. The molecule has 27 heavy (non-hydrogen) atoms. The Morgan fingerprint density at radius 3 is 2.41 bits per heavy atom. The fourth-order valence-corrected chi connectivity index (χ4v) is 6.34. The van der Waals surface area contributed by atoms with Crippen molar-refractivity contribution >= 4 is 27.3 Å². The lowest BCUT2D eigenvalue weighted by Gasteiger charge is -2.25. The first-order valence-corrected chi connectivity index (χ1v) is 11.6. The molecular weight excluding hydrogens is 380 g/mol. The first kappa shape index (κ1) is 20.0. The molecule has 3 rings (SSSR count). The number of carbonyl (C=O) groups excluding carboxylic acids is 1. The van der Waals surface area contributed by atoms with Crippen LogP contribution in [0.2, 0.25) is 0 Å². The van der Waals surface area contributed by atoms with Crippen LogP contribution < -0.4 is 0 Å². The summed E-state index contributed by atoms with van der Waals surface area (Å²) in [6, 6.07) is 12.8. The van der Waals surface area contributed by atoms with Crippen molar-refractivity contribution in [1.82, 2.24) is 9.21 Å². The van der Waals surface area contributed by atoms with Crippen LogP contribution in [0.4, 0.5) is 0 Å². The van der Waals surface area contributed by atoms with Gasteiger partial charge in [0.2, 0.25) is 5.91 Å². The average molecular weight is 407 g/mol. The van der Waals surface area contributed by atoms with Crippen molar-refractivity contribution in [3.8, 4) is 0 Å². The number of likely N-dealkylation sites (tertiary alicyclic amines) is 1. The smallest absolute Gasteiger partial charge is 0.253 e. The predicted molar refractivity (Wildman–Crippen MR) is 108 cm³/mol. The molecule has 0 unspecified atom stereocenters. The molecule has 2 heterocycles. The molecule has 1 amide bonds. The lowest BCUT2D eigenvalue weighted by molar-refractivity contribution is -0.129. The zero-order valence-electron chi connectivity index (χ0n) is 15.8. The van der Waals surface area contributed by atoms with Crippen LogP contribution in [0.5, 0.6) is 0 Å². The molecule has 2 aromatic rings. The van der Waals surface area contributed by atoms with E-state index in [1.165, 1.54) is 15.6 Å². The third kappa shape index (κ3) is 4.78. The van der Waals surface area contributed by atoms with Gasteiger partial charge in [-0.05, 0) is 44.4 Å². The second-order valence-corrected chi connectivity index (χ2v) is 10.4. The quantitative estimate of drug-likeness (QED) is 0.707. The number of amides is 1. The standard InChI is InChI=1S/C20H26N2O3S2/c1-16(2)22(15-17-8-4-3-5-9-17)27(24,25)20-11-10-18(26-20)14-19(23)21-12-6-7-13-21/h3-5,8-11,16H,6-7,12-15H2,1-2H3. The molecule has 1 aromatic heterocycles. The fraction of sp³-hybridized carbons (Fsp3) is 0.450. The van der Waals surface area contributed by atoms with E-state index in [1.807, 2.05) is 49.1 Å². The summed E-state index contributed by atoms with van der Waals surface area (Å²) in [7, 11) is -3.61. The van der Waals surface area contributed by atoms with Crippen molar-refractivity contribution in [2.24, 2.45) is 0 Å². The van der Waals surface area contributed by atoms with E-state index in [-0.39, 0.29) is 18.4 Å². The van der Waals surface area contributed by atoms with Gasteiger partial charge >= 0.3 is 0 Å². The Hall–Kier alpha value is -1.70. The molecule has 146 valence electrons. The summed E-state index contributed by atoms with van der Waals surface area (Å²) in [5.41, 5.74) is 0.954. The molecule has 0 saturated carbocycles. The van der Waals surface area contributed by atoms with Crippen LogP contribution in [0.1, 0.15) is 37.1 Å². The summed E-state index contributed by atoms with van der Waals surface area (Å²) >= 11 is 1.21. The first-order valence-electron chi connectivity index (χ1n) is 9.30. The van der Waals surface area contributed by atoms with Gasteiger partial charge in [-0.3, -0.25) is 4.79 Å². The van der Waals surface area contributed by atoms with Gasteiger partial charge in [0.05, 0.1) is 6.42 Å². The van der Waals surface area contributed by atoms with Crippen molar-refractivity contribution in [2.45, 2.75) is 49.9 Å². The van der Waals surface area contributed by atoms with Gasteiger partial charge in [-0.1, -0.05) is 30.3 Å². The van der Waals surface area contributed by atoms with Crippen molar-refractivity contribution in [1.29, 1.82) is 0 Å². The third-order valence-corrected chi connectivity index (χ3v) is 8.32. The van der Waals surface area contributed by atoms with Gasteiger partial charge in [0.1, 0.15) is 4.21 Å². The van der Waals surface area contributed by atoms with Gasteiger partial charge < -0.3 is 4.90 Å². The van der Waals surface area contributed by atoms with E-state index >= 15 is 0 Å². The number of benzene rings is 1. The second-order valence-electron chi connectivity index (χ2n) is 7.12. The zero-order valence-corrected chi connectivity index (χ0v) is 17.4. The molecule has 0 bridgehead atoms. The summed E-state index contributed by atoms with van der Waals surface area (Å²) in [6.45, 7) is 5.72. The van der Waals surface area contributed by atoms with E-state index in [2.05, 4.69) is 0 Å². The molecule has 0 atom stereocenters. The van der Waals surface area contributed by atoms with E-state index < -0.39 is 10.0 Å². The van der Waals surface area contributed by atoms with Gasteiger partial charge in [0, 0.05) is 30.6 Å². The number of carbonyl (C=O) groups is 1. The topological polar surface area (TPSA) is 57.7 Å². The van der Waals surface area contributed by atoms with Gasteiger partial charge in [0.15, 0.2) is 0 Å². The van der Waals surface area contributed by atoms with Gasteiger partial charge in [0.25, 0.3) is 10.0 Å². The van der Waals surface area contributed by atoms with E-state index in [0.717, 1.165) is 36.4 Å². The number of hydrogen-bond acceptors (Lipinski definition) is 4. The minimum Gasteiger partial charge on any atom is -0.342 e. The van der Waals surface area contributed by atoms with Gasteiger partial charge in [-0.2, -0.15) is 4.31 Å². The maximum atomic E-state index is 13.2. The lowest BCUT2D eigenvalue weighted by Crippen LogP contribution is -2.36. The average Bonchev–Trinajstić information content (AvgIpc) is 3.32. The van der Waals surface area contributed by atoms with Crippen LogP contribution in [-0.2, 0) is 27.8 Å². The van der Waals surface area contributed by atoms with Crippen molar-refractivity contribution in [3.63, 3.8) is 0 Å². The summed E-state index contributed by atoms with van der Waals surface area (Å²) in [6.07, 6.45) is 2.39. The van der Waals surface area contributed by atoms with E-state index in [1.54, 1.807) is 12.1 Å². The number of nitrogens with zero attached hydrogens (tertiary/aromatic N) is 2. The minimum absolute atomic E-state index is 0.0864. The number of rotatable bonds is 7. The highest BCUT2D eigenvalue weighted by Crippen LogP contribution is 2.28. The molecule has 1 aliphatic heterocycles. The summed E-state index contributed by atoms with van der Waals surface area (Å²) < 4.78 is 28.2. The molecule has 0 radical (unpaired) electrons. The van der Waals surface area contributed by atoms with E-state index in [9.17, 15) is 13.2 Å². The molecular formula is C20H26N2O3S2. The Balaban J connectivity index is 1.76. The van der Waals surface area contributed by atoms with E-state index in [0.29, 0.717) is 10.8 Å². The van der Waals surface area contributed by atoms with Crippen LogP contribution >= 0.6 is 11.3 Å². The Labute approximate surface area is 165 Å². The highest BCUT2D eigenvalue weighted by atomic mass is 32.2. The summed E-state index contributed by atoms with van der Waals surface area (Å²) in [4.78, 5) is 15.0. The summed E-state index contributed by atoms with van der Waals surface area (Å²) in [5.74, 6) is 0.0864. The Bertz CT molecular complexity index is 870. The van der Waals surface area contributed by atoms with Crippen LogP contribution in [-0.4, -0.2) is 42.7 Å². The van der Waals surface area contributed by atoms with Crippen molar-refractivity contribution < 1.29 is 13.2 Å². The molecule has 1 aliphatic rings. The van der Waals surface area contributed by atoms with Crippen LogP contribution in [0.15, 0.2) is 46.7 Å². The monoisotopic (exact) mass is 406 g/mol. The zero-order chi connectivity index (χ0) is 19.4. The number of sulfonamides is 1. The van der Waals surface area contributed by atoms with Crippen molar-refractivity contribution in [3.05, 3.63) is 52.9 Å². The largest absolute Gasteiger partial charge is 0.342 e. The molecule has 0 spiro atoms. The molecule has 1 saturated heterocycles. The maximum Gasteiger partial charge on any atom is 0.253 e. The molecule has 1 aromatic carbocycles. The highest BCUT2D eigenvalue weighted by Gasteiger charge is 2.29. The number of hydrogen-bond donors (Lipinski definition) is 0. The Morgan fingerprint density at radius 2 is 1.78 bits per heavy atom. The normalized spacial score (nSPS) is 15.0. The van der Waals surface area contributed by atoms with Crippen LogP contribution in [0.25, 0.3) is 0 Å². The molecule has 0 aliphatic carbocycles. The van der Waals surface area contributed by atoms with E-state index in [4.69, 9.17) is 0 Å². The molecule has 0 N–H and O–H groups in total. The Kier molecular flexibility index (Phi) is 6.34. The van der Waals surface area contributed by atoms with Crippen LogP contribution in [0.3, 0.4) is 0 Å². The first-order chi connectivity index (χ1) is 12.9. The van der Waals surface area contributed by atoms with Crippen molar-refractivity contribution in [2.75, 3.05) is 13.1 Å². The maximum absolute atomic E-state index is 13.2. The summed E-state index contributed by atoms with van der Waals surface area (Å²) in [5, 5.41) is 0. The number of thiophene rings is 1. The molecule has 5 nitrogen and oxygen atoms in total.